The molecule has 4 rings (SSSR count). The summed E-state index contributed by atoms with van der Waals surface area (Å²) >= 11 is 0. The van der Waals surface area contributed by atoms with Crippen molar-refractivity contribution in [1.29, 1.82) is 0 Å². The molecule has 0 aliphatic heterocycles. The summed E-state index contributed by atoms with van der Waals surface area (Å²) in [6.07, 6.45) is -0.963. The molecule has 4 aromatic rings. The third-order valence-electron chi connectivity index (χ3n) is 5.57. The van der Waals surface area contributed by atoms with Gasteiger partial charge in [-0.15, -0.1) is 0 Å². The Labute approximate surface area is 197 Å². The first-order valence-corrected chi connectivity index (χ1v) is 11.7. The van der Waals surface area contributed by atoms with Gasteiger partial charge in [0.05, 0.1) is 37.4 Å². The molecule has 0 aliphatic carbocycles. The van der Waals surface area contributed by atoms with Crippen LogP contribution in [-0.2, 0) is 10.0 Å². The molecule has 8 nitrogen and oxygen atoms in total. The minimum absolute atomic E-state index is 0.0199. The molecule has 0 radical (unpaired) electrons. The van der Waals surface area contributed by atoms with E-state index in [1.807, 2.05) is 0 Å². The number of methoxy groups -OCH3 is 3. The number of rotatable bonds is 8. The summed E-state index contributed by atoms with van der Waals surface area (Å²) in [4.78, 5) is 12.2. The Morgan fingerprint density at radius 3 is 2.03 bits per heavy atom. The second-order valence-corrected chi connectivity index (χ2v) is 9.16. The van der Waals surface area contributed by atoms with Crippen LogP contribution in [0.15, 0.2) is 71.6 Å². The second kappa shape index (κ2) is 9.20. The van der Waals surface area contributed by atoms with Gasteiger partial charge in [-0.3, -0.25) is 4.79 Å². The van der Waals surface area contributed by atoms with Gasteiger partial charge in [-0.05, 0) is 35.9 Å². The number of carbonyl (C=O) groups excluding carboxylic acids is 1. The largest absolute Gasteiger partial charge is 0.493 e. The number of aliphatic hydroxyl groups excluding tert-OH is 1. The highest BCUT2D eigenvalue weighted by Gasteiger charge is 2.32. The van der Waals surface area contributed by atoms with Crippen molar-refractivity contribution in [3.05, 3.63) is 83.6 Å². The lowest BCUT2D eigenvalue weighted by Crippen LogP contribution is -2.19. The van der Waals surface area contributed by atoms with Gasteiger partial charge in [0.1, 0.15) is 6.10 Å². The van der Waals surface area contributed by atoms with Gasteiger partial charge in [-0.25, -0.2) is 12.4 Å². The average Bonchev–Trinajstić information content (AvgIpc) is 3.22. The van der Waals surface area contributed by atoms with Crippen molar-refractivity contribution in [3.63, 3.8) is 0 Å². The van der Waals surface area contributed by atoms with Crippen molar-refractivity contribution in [3.8, 4) is 17.2 Å². The molecule has 0 saturated heterocycles. The van der Waals surface area contributed by atoms with Crippen LogP contribution in [0, 0.1) is 0 Å². The molecular weight excluding hydrogens is 458 g/mol. The molecule has 34 heavy (non-hydrogen) atoms. The highest BCUT2D eigenvalue weighted by Crippen LogP contribution is 2.42. The fourth-order valence-corrected chi connectivity index (χ4v) is 5.60. The molecule has 1 aromatic heterocycles. The SMILES string of the molecule is COc1cc(C(O)c2c(C=O)c3ccccc3n2S(=O)(=O)c2ccccc2)cc(OC)c1OC. The van der Waals surface area contributed by atoms with Crippen LogP contribution < -0.4 is 14.2 Å². The molecular formula is C25H23NO7S. The van der Waals surface area contributed by atoms with Crippen LogP contribution in [-0.4, -0.2) is 45.1 Å². The normalized spacial score (nSPS) is 12.4. The van der Waals surface area contributed by atoms with Crippen LogP contribution in [0.3, 0.4) is 0 Å². The van der Waals surface area contributed by atoms with Gasteiger partial charge in [-0.2, -0.15) is 0 Å². The molecule has 176 valence electrons. The van der Waals surface area contributed by atoms with E-state index in [0.717, 1.165) is 3.97 Å². The summed E-state index contributed by atoms with van der Waals surface area (Å²) in [5.41, 5.74) is 0.505. The van der Waals surface area contributed by atoms with E-state index in [-0.39, 0.29) is 38.7 Å². The van der Waals surface area contributed by atoms with E-state index in [1.54, 1.807) is 42.5 Å². The number of aliphatic hydroxyl groups is 1. The lowest BCUT2D eigenvalue weighted by Gasteiger charge is -2.20. The van der Waals surface area contributed by atoms with Crippen molar-refractivity contribution in [2.75, 3.05) is 21.3 Å². The number of nitrogens with zero attached hydrogens (tertiary/aromatic N) is 1. The monoisotopic (exact) mass is 481 g/mol. The van der Waals surface area contributed by atoms with Crippen LogP contribution in [0.1, 0.15) is 27.7 Å². The number of aromatic nitrogens is 1. The molecule has 3 aromatic carbocycles. The van der Waals surface area contributed by atoms with Crippen LogP contribution in [0.5, 0.6) is 17.2 Å². The number of aldehydes is 1. The van der Waals surface area contributed by atoms with E-state index in [2.05, 4.69) is 0 Å². The number of fused-ring (bicyclic) bond motifs is 1. The Hall–Kier alpha value is -3.82. The number of benzene rings is 3. The van der Waals surface area contributed by atoms with E-state index in [4.69, 9.17) is 14.2 Å². The van der Waals surface area contributed by atoms with Crippen molar-refractivity contribution in [1.82, 2.24) is 3.97 Å². The lowest BCUT2D eigenvalue weighted by molar-refractivity contribution is 0.111. The summed E-state index contributed by atoms with van der Waals surface area (Å²) < 4.78 is 44.6. The van der Waals surface area contributed by atoms with Gasteiger partial charge in [0.15, 0.2) is 17.8 Å². The maximum absolute atomic E-state index is 13.7. The number of hydrogen-bond acceptors (Lipinski definition) is 7. The molecule has 9 heteroatoms. The first-order chi connectivity index (χ1) is 16.4. The van der Waals surface area contributed by atoms with Gasteiger partial charge >= 0.3 is 0 Å². The molecule has 0 aliphatic rings. The third kappa shape index (κ3) is 3.68. The van der Waals surface area contributed by atoms with Crippen molar-refractivity contribution in [2.24, 2.45) is 0 Å². The fraction of sp³-hybridized carbons (Fsp3) is 0.160. The van der Waals surface area contributed by atoms with E-state index in [9.17, 15) is 18.3 Å². The van der Waals surface area contributed by atoms with Crippen molar-refractivity contribution < 1.29 is 32.5 Å². The summed E-state index contributed by atoms with van der Waals surface area (Å²) in [7, 11) is 0.141. The Kier molecular flexibility index (Phi) is 6.32. The number of carbonyl (C=O) groups is 1. The van der Waals surface area contributed by atoms with E-state index < -0.39 is 16.1 Å². The van der Waals surface area contributed by atoms with Crippen molar-refractivity contribution >= 4 is 27.2 Å². The smallest absolute Gasteiger partial charge is 0.268 e. The van der Waals surface area contributed by atoms with Gasteiger partial charge in [0.25, 0.3) is 10.0 Å². The lowest BCUT2D eigenvalue weighted by atomic mass is 10.0. The quantitative estimate of drug-likeness (QED) is 0.382. The Morgan fingerprint density at radius 1 is 0.882 bits per heavy atom. The first kappa shape index (κ1) is 23.3. The molecule has 1 N–H and O–H groups in total. The molecule has 1 heterocycles. The molecule has 1 atom stereocenters. The Balaban J connectivity index is 2.06. The first-order valence-electron chi connectivity index (χ1n) is 10.3. The predicted octanol–water partition coefficient (Wildman–Crippen LogP) is 3.80. The maximum atomic E-state index is 13.7. The topological polar surface area (TPSA) is 104 Å². The summed E-state index contributed by atoms with van der Waals surface area (Å²) in [5.74, 6) is 0.864. The summed E-state index contributed by atoms with van der Waals surface area (Å²) in [5, 5.41) is 11.9. The highest BCUT2D eigenvalue weighted by molar-refractivity contribution is 7.90. The zero-order valence-corrected chi connectivity index (χ0v) is 19.6. The molecule has 0 spiro atoms. The second-order valence-electron chi connectivity index (χ2n) is 7.38. The van der Waals surface area contributed by atoms with Crippen LogP contribution in [0.2, 0.25) is 0 Å². The minimum atomic E-state index is -4.17. The van der Waals surface area contributed by atoms with Gasteiger partial charge < -0.3 is 19.3 Å². The zero-order valence-electron chi connectivity index (χ0n) is 18.8. The Morgan fingerprint density at radius 2 is 1.47 bits per heavy atom. The van der Waals surface area contributed by atoms with Crippen LogP contribution >= 0.6 is 0 Å². The summed E-state index contributed by atoms with van der Waals surface area (Å²) in [6, 6.07) is 17.5. The zero-order chi connectivity index (χ0) is 24.5. The van der Waals surface area contributed by atoms with Gasteiger partial charge in [-0.1, -0.05) is 36.4 Å². The van der Waals surface area contributed by atoms with Crippen LogP contribution in [0.4, 0.5) is 0 Å². The molecule has 0 bridgehead atoms. The summed E-state index contributed by atoms with van der Waals surface area (Å²) in [6.45, 7) is 0. The van der Waals surface area contributed by atoms with E-state index in [0.29, 0.717) is 17.4 Å². The van der Waals surface area contributed by atoms with Crippen LogP contribution in [0.25, 0.3) is 10.9 Å². The molecule has 0 fully saturated rings. The third-order valence-corrected chi connectivity index (χ3v) is 7.31. The predicted molar refractivity (Wildman–Crippen MR) is 127 cm³/mol. The number of para-hydroxylation sites is 1. The van der Waals surface area contributed by atoms with E-state index in [1.165, 1.54) is 45.6 Å². The maximum Gasteiger partial charge on any atom is 0.268 e. The minimum Gasteiger partial charge on any atom is -0.493 e. The average molecular weight is 482 g/mol. The number of ether oxygens (including phenoxy) is 3. The van der Waals surface area contributed by atoms with Gasteiger partial charge in [0.2, 0.25) is 5.75 Å². The van der Waals surface area contributed by atoms with Crippen molar-refractivity contribution in [2.45, 2.75) is 11.0 Å². The molecule has 0 saturated carbocycles. The highest BCUT2D eigenvalue weighted by atomic mass is 32.2. The van der Waals surface area contributed by atoms with E-state index >= 15 is 0 Å². The number of hydrogen-bond donors (Lipinski definition) is 1. The fourth-order valence-electron chi connectivity index (χ4n) is 4.01. The Bertz CT molecular complexity index is 1430. The van der Waals surface area contributed by atoms with Gasteiger partial charge in [0, 0.05) is 10.9 Å². The molecule has 0 amide bonds. The standard InChI is InChI=1S/C25H23NO7S/c1-31-21-13-16(14-22(32-2)25(21)33-3)24(28)23-19(15-27)18-11-7-8-12-20(18)26(23)34(29,30)17-9-5-4-6-10-17/h4-15,24,28H,1-3H3. The molecule has 1 unspecified atom stereocenters.